The van der Waals surface area contributed by atoms with Crippen LogP contribution in [0.5, 0.6) is 0 Å². The van der Waals surface area contributed by atoms with E-state index < -0.39 is 0 Å². The minimum atomic E-state index is -0.177. The number of imidazole rings is 1. The summed E-state index contributed by atoms with van der Waals surface area (Å²) in [6.45, 7) is 1.83. The third-order valence-corrected chi connectivity index (χ3v) is 6.50. The Labute approximate surface area is 224 Å². The van der Waals surface area contributed by atoms with Crippen molar-refractivity contribution in [2.45, 2.75) is 6.92 Å². The number of carbonyl (C=O) groups excluding carboxylic acids is 1. The van der Waals surface area contributed by atoms with Crippen molar-refractivity contribution in [2.75, 3.05) is 0 Å². The fourth-order valence-electron chi connectivity index (χ4n) is 4.61. The molecule has 8 nitrogen and oxygen atoms in total. The number of nitrogens with zero attached hydrogens (tertiary/aromatic N) is 3. The van der Waals surface area contributed by atoms with Crippen LogP contribution in [0, 0.1) is 0 Å². The second-order valence-electron chi connectivity index (χ2n) is 9.13. The van der Waals surface area contributed by atoms with E-state index in [9.17, 15) is 4.79 Å². The van der Waals surface area contributed by atoms with E-state index in [4.69, 9.17) is 10.7 Å². The first-order valence-electron chi connectivity index (χ1n) is 12.5. The first kappa shape index (κ1) is 23.9. The standard InChI is InChI=1S/C31H25N7O/c1-19(34-31(39)20-7-3-2-4-8-20)15-23(17-32)21-12-13-26-25(16-21)29(38-37-26)30-35-27-11-5-10-24(28(27)36-30)22-9-6-14-33-18-22/h2-18H,32H2,1H3,(H,34,39)(H,35,36)(H,37,38)/b19-15+,23-17+. The normalized spacial score (nSPS) is 12.2. The average Bonchev–Trinajstić information content (AvgIpc) is 3.60. The summed E-state index contributed by atoms with van der Waals surface area (Å²) in [6, 6.07) is 25.0. The van der Waals surface area contributed by atoms with E-state index in [1.807, 2.05) is 85.9 Å². The Kier molecular flexibility index (Phi) is 6.18. The van der Waals surface area contributed by atoms with Crippen molar-refractivity contribution in [1.82, 2.24) is 30.5 Å². The Morgan fingerprint density at radius 3 is 2.62 bits per heavy atom. The van der Waals surface area contributed by atoms with Crippen LogP contribution in [0.25, 0.3) is 50.2 Å². The van der Waals surface area contributed by atoms with Crippen molar-refractivity contribution in [3.63, 3.8) is 0 Å². The quantitative estimate of drug-likeness (QED) is 0.210. The fourth-order valence-corrected chi connectivity index (χ4v) is 4.61. The molecule has 0 saturated heterocycles. The van der Waals surface area contributed by atoms with Crippen molar-refractivity contribution < 1.29 is 4.79 Å². The Morgan fingerprint density at radius 1 is 0.949 bits per heavy atom. The molecule has 5 N–H and O–H groups in total. The number of aromatic nitrogens is 5. The molecule has 0 saturated carbocycles. The summed E-state index contributed by atoms with van der Waals surface area (Å²) in [4.78, 5) is 25.2. The van der Waals surface area contributed by atoms with Crippen molar-refractivity contribution in [2.24, 2.45) is 5.73 Å². The lowest BCUT2D eigenvalue weighted by molar-refractivity contribution is 0.0966. The van der Waals surface area contributed by atoms with Crippen LogP contribution in [0.4, 0.5) is 0 Å². The third kappa shape index (κ3) is 4.67. The van der Waals surface area contributed by atoms with Crippen molar-refractivity contribution in [3.8, 4) is 22.6 Å². The van der Waals surface area contributed by atoms with Gasteiger partial charge in [0, 0.05) is 46.4 Å². The maximum atomic E-state index is 12.6. The molecule has 0 aliphatic carbocycles. The van der Waals surface area contributed by atoms with Crippen LogP contribution in [0.15, 0.2) is 109 Å². The average molecular weight is 512 g/mol. The first-order valence-corrected chi connectivity index (χ1v) is 12.5. The number of aromatic amines is 2. The number of hydrogen-bond donors (Lipinski definition) is 4. The van der Waals surface area contributed by atoms with Gasteiger partial charge in [0.2, 0.25) is 0 Å². The van der Waals surface area contributed by atoms with Crippen molar-refractivity contribution in [1.29, 1.82) is 0 Å². The maximum absolute atomic E-state index is 12.6. The molecule has 3 aromatic heterocycles. The molecule has 6 aromatic rings. The highest BCUT2D eigenvalue weighted by Crippen LogP contribution is 2.32. The van der Waals surface area contributed by atoms with Gasteiger partial charge in [0.25, 0.3) is 5.91 Å². The molecule has 0 fully saturated rings. The van der Waals surface area contributed by atoms with Crippen molar-refractivity contribution in [3.05, 3.63) is 120 Å². The van der Waals surface area contributed by atoms with Gasteiger partial charge in [0.05, 0.1) is 16.6 Å². The van der Waals surface area contributed by atoms with Gasteiger partial charge in [-0.05, 0) is 60.5 Å². The number of nitrogens with two attached hydrogens (primary N) is 1. The number of amides is 1. The Hall–Kier alpha value is -5.50. The van der Waals surface area contributed by atoms with E-state index in [0.29, 0.717) is 22.8 Å². The lowest BCUT2D eigenvalue weighted by Crippen LogP contribution is -2.21. The van der Waals surface area contributed by atoms with E-state index >= 15 is 0 Å². The molecule has 0 unspecified atom stereocenters. The number of hydrogen-bond acceptors (Lipinski definition) is 5. The molecule has 190 valence electrons. The van der Waals surface area contributed by atoms with E-state index in [1.54, 1.807) is 18.3 Å². The van der Waals surface area contributed by atoms with Gasteiger partial charge in [0.1, 0.15) is 5.69 Å². The summed E-state index contributed by atoms with van der Waals surface area (Å²) in [5, 5.41) is 11.5. The lowest BCUT2D eigenvalue weighted by atomic mass is 10.0. The van der Waals surface area contributed by atoms with Crippen LogP contribution in [0.1, 0.15) is 22.8 Å². The SMILES string of the molecule is C/C(=C\C(=C/N)c1ccc2[nH]nc(-c3nc4c(-c5cccnc5)cccc4[nH]3)c2c1)NC(=O)c1ccccc1. The second-order valence-corrected chi connectivity index (χ2v) is 9.13. The second kappa shape index (κ2) is 10.1. The van der Waals surface area contributed by atoms with Crippen LogP contribution in [0.2, 0.25) is 0 Å². The molecule has 3 aromatic carbocycles. The molecule has 0 atom stereocenters. The minimum Gasteiger partial charge on any atom is -0.404 e. The molecular formula is C31H25N7O. The molecule has 8 heteroatoms. The molecule has 0 radical (unpaired) electrons. The highest BCUT2D eigenvalue weighted by Gasteiger charge is 2.16. The predicted molar refractivity (Wildman–Crippen MR) is 154 cm³/mol. The molecular weight excluding hydrogens is 486 g/mol. The number of pyridine rings is 1. The summed E-state index contributed by atoms with van der Waals surface area (Å²) in [5.41, 5.74) is 14.3. The largest absolute Gasteiger partial charge is 0.404 e. The summed E-state index contributed by atoms with van der Waals surface area (Å²) in [6.07, 6.45) is 6.96. The summed E-state index contributed by atoms with van der Waals surface area (Å²) >= 11 is 0. The molecule has 0 aliphatic heterocycles. The molecule has 1 amide bonds. The smallest absolute Gasteiger partial charge is 0.255 e. The number of para-hydroxylation sites is 1. The van der Waals surface area contributed by atoms with Gasteiger partial charge in [-0.3, -0.25) is 14.9 Å². The van der Waals surface area contributed by atoms with Gasteiger partial charge in [-0.15, -0.1) is 0 Å². The van der Waals surface area contributed by atoms with Crippen LogP contribution >= 0.6 is 0 Å². The highest BCUT2D eigenvalue weighted by atomic mass is 16.1. The van der Waals surface area contributed by atoms with E-state index in [-0.39, 0.29) is 5.91 Å². The van der Waals surface area contributed by atoms with Crippen LogP contribution in [-0.2, 0) is 0 Å². The van der Waals surface area contributed by atoms with E-state index in [1.165, 1.54) is 6.20 Å². The van der Waals surface area contributed by atoms with Crippen LogP contribution in [-0.4, -0.2) is 31.1 Å². The molecule has 6 rings (SSSR count). The minimum absolute atomic E-state index is 0.177. The van der Waals surface area contributed by atoms with Gasteiger partial charge in [-0.1, -0.05) is 42.5 Å². The zero-order chi connectivity index (χ0) is 26.8. The highest BCUT2D eigenvalue weighted by molar-refractivity contribution is 5.98. The van der Waals surface area contributed by atoms with Gasteiger partial charge in [0.15, 0.2) is 5.82 Å². The van der Waals surface area contributed by atoms with Crippen molar-refractivity contribution >= 4 is 33.4 Å². The number of H-pyrrole nitrogens is 2. The van der Waals surface area contributed by atoms with Gasteiger partial charge in [-0.25, -0.2) is 4.98 Å². The molecule has 39 heavy (non-hydrogen) atoms. The number of fused-ring (bicyclic) bond motifs is 2. The molecule has 3 heterocycles. The molecule has 0 aliphatic rings. The number of carbonyl (C=O) groups is 1. The molecule has 0 spiro atoms. The third-order valence-electron chi connectivity index (χ3n) is 6.50. The fraction of sp³-hybridized carbons (Fsp3) is 0.0323. The number of nitrogens with one attached hydrogen (secondary N) is 3. The van der Waals surface area contributed by atoms with Gasteiger partial charge < -0.3 is 16.0 Å². The van der Waals surface area contributed by atoms with Gasteiger partial charge >= 0.3 is 0 Å². The monoisotopic (exact) mass is 511 g/mol. The Balaban J connectivity index is 1.34. The van der Waals surface area contributed by atoms with Gasteiger partial charge in [-0.2, -0.15) is 5.10 Å². The summed E-state index contributed by atoms with van der Waals surface area (Å²) in [7, 11) is 0. The van der Waals surface area contributed by atoms with E-state index in [0.717, 1.165) is 44.2 Å². The van der Waals surface area contributed by atoms with E-state index in [2.05, 4.69) is 25.5 Å². The molecule has 0 bridgehead atoms. The number of benzene rings is 3. The first-order chi connectivity index (χ1) is 19.1. The number of rotatable bonds is 6. The zero-order valence-corrected chi connectivity index (χ0v) is 21.1. The Morgan fingerprint density at radius 2 is 1.82 bits per heavy atom. The Bertz CT molecular complexity index is 1870. The van der Waals surface area contributed by atoms with Crippen LogP contribution in [0.3, 0.4) is 0 Å². The summed E-state index contributed by atoms with van der Waals surface area (Å²) in [5.74, 6) is 0.480. The predicted octanol–water partition coefficient (Wildman–Crippen LogP) is 5.80. The zero-order valence-electron chi connectivity index (χ0n) is 21.1. The maximum Gasteiger partial charge on any atom is 0.255 e. The lowest BCUT2D eigenvalue weighted by Gasteiger charge is -2.08. The number of allylic oxidation sites excluding steroid dienone is 3. The van der Waals surface area contributed by atoms with Crippen LogP contribution < -0.4 is 11.1 Å². The summed E-state index contributed by atoms with van der Waals surface area (Å²) < 4.78 is 0. The topological polar surface area (TPSA) is 125 Å².